The zero-order valence-corrected chi connectivity index (χ0v) is 17.7. The van der Waals surface area contributed by atoms with Crippen molar-refractivity contribution in [2.45, 2.75) is 26.3 Å². The molecule has 4 aromatic rings. The molecule has 1 heterocycles. The molecule has 0 radical (unpaired) electrons. The van der Waals surface area contributed by atoms with E-state index in [4.69, 9.17) is 4.74 Å². The van der Waals surface area contributed by atoms with Crippen molar-refractivity contribution in [2.24, 2.45) is 0 Å². The number of rotatable bonds is 7. The van der Waals surface area contributed by atoms with Gasteiger partial charge in [-0.25, -0.2) is 4.98 Å². The number of nitrogens with zero attached hydrogens (tertiary/aromatic N) is 2. The molecule has 0 aliphatic rings. The zero-order chi connectivity index (χ0) is 21.6. The Morgan fingerprint density at radius 2 is 1.71 bits per heavy atom. The van der Waals surface area contributed by atoms with Crippen LogP contribution in [0.4, 0.5) is 0 Å². The van der Waals surface area contributed by atoms with Gasteiger partial charge in [0, 0.05) is 11.7 Å². The summed E-state index contributed by atoms with van der Waals surface area (Å²) in [5, 5.41) is 3.00. The molecule has 0 fully saturated rings. The Kier molecular flexibility index (Phi) is 6.13. The Hall–Kier alpha value is -3.86. The lowest BCUT2D eigenvalue weighted by Crippen LogP contribution is -2.33. The van der Waals surface area contributed by atoms with Crippen molar-refractivity contribution in [1.29, 1.82) is 0 Å². The molecular formula is C26H25N3O2. The first-order chi connectivity index (χ1) is 15.1. The average molecular weight is 412 g/mol. The minimum absolute atomic E-state index is 0.110. The van der Waals surface area contributed by atoms with Gasteiger partial charge in [0.25, 0.3) is 5.91 Å². The van der Waals surface area contributed by atoms with Gasteiger partial charge in [0.2, 0.25) is 0 Å². The number of amides is 1. The summed E-state index contributed by atoms with van der Waals surface area (Å²) in [7, 11) is 0. The Morgan fingerprint density at radius 3 is 2.45 bits per heavy atom. The van der Waals surface area contributed by atoms with Crippen LogP contribution in [-0.4, -0.2) is 21.5 Å². The van der Waals surface area contributed by atoms with Crippen molar-refractivity contribution in [3.8, 4) is 28.3 Å². The van der Waals surface area contributed by atoms with Gasteiger partial charge in [0.05, 0.1) is 12.5 Å². The highest BCUT2D eigenvalue weighted by Gasteiger charge is 2.15. The van der Waals surface area contributed by atoms with Crippen LogP contribution < -0.4 is 10.1 Å². The minimum atomic E-state index is -0.125. The number of hydrogen-bond donors (Lipinski definition) is 1. The van der Waals surface area contributed by atoms with E-state index in [1.807, 2.05) is 91.2 Å². The van der Waals surface area contributed by atoms with Crippen molar-refractivity contribution in [2.75, 3.05) is 0 Å². The van der Waals surface area contributed by atoms with Gasteiger partial charge < -0.3 is 10.1 Å². The van der Waals surface area contributed by atoms with Crippen molar-refractivity contribution in [3.05, 3.63) is 97.1 Å². The van der Waals surface area contributed by atoms with E-state index >= 15 is 0 Å². The van der Waals surface area contributed by atoms with Crippen molar-refractivity contribution < 1.29 is 9.53 Å². The van der Waals surface area contributed by atoms with Crippen molar-refractivity contribution >= 4 is 5.91 Å². The summed E-state index contributed by atoms with van der Waals surface area (Å²) in [6.45, 7) is 4.03. The summed E-state index contributed by atoms with van der Waals surface area (Å²) in [6, 6.07) is 25.8. The molecule has 0 spiro atoms. The number of hydrogen-bond acceptors (Lipinski definition) is 3. The van der Waals surface area contributed by atoms with Gasteiger partial charge in [-0.15, -0.1) is 0 Å². The fourth-order valence-corrected chi connectivity index (χ4v) is 3.24. The van der Waals surface area contributed by atoms with Gasteiger partial charge in [0.15, 0.2) is 0 Å². The molecule has 0 bridgehead atoms. The molecule has 1 amide bonds. The van der Waals surface area contributed by atoms with Gasteiger partial charge in [-0.2, -0.15) is 0 Å². The van der Waals surface area contributed by atoms with E-state index in [0.717, 1.165) is 34.7 Å². The summed E-state index contributed by atoms with van der Waals surface area (Å²) in [4.78, 5) is 16.8. The Balaban J connectivity index is 1.56. The predicted molar refractivity (Wildman–Crippen MR) is 123 cm³/mol. The third kappa shape index (κ3) is 4.83. The van der Waals surface area contributed by atoms with Crippen molar-refractivity contribution in [1.82, 2.24) is 14.9 Å². The molecule has 0 saturated carbocycles. The standard InChI is InChI=1S/C26H25N3O2/c1-3-19(2)28-26(30)25-17-27-18-29(25)22-9-7-8-21(16-22)20-12-14-24(15-13-20)31-23-10-5-4-6-11-23/h4-19H,3H2,1-2H3,(H,28,30). The largest absolute Gasteiger partial charge is 0.457 e. The quantitative estimate of drug-likeness (QED) is 0.414. The topological polar surface area (TPSA) is 56.2 Å². The van der Waals surface area contributed by atoms with Crippen LogP contribution in [0.2, 0.25) is 0 Å². The maximum Gasteiger partial charge on any atom is 0.270 e. The van der Waals surface area contributed by atoms with E-state index < -0.39 is 0 Å². The number of carbonyl (C=O) groups is 1. The smallest absolute Gasteiger partial charge is 0.270 e. The molecule has 5 heteroatoms. The summed E-state index contributed by atoms with van der Waals surface area (Å²) >= 11 is 0. The third-order valence-corrected chi connectivity index (χ3v) is 5.15. The molecule has 3 aromatic carbocycles. The second-order valence-corrected chi connectivity index (χ2v) is 7.42. The fourth-order valence-electron chi connectivity index (χ4n) is 3.24. The average Bonchev–Trinajstić information content (AvgIpc) is 3.30. The SMILES string of the molecule is CCC(C)NC(=O)c1cncn1-c1cccc(-c2ccc(Oc3ccccc3)cc2)c1. The lowest BCUT2D eigenvalue weighted by atomic mass is 10.0. The Labute approximate surface area is 182 Å². The molecule has 4 rings (SSSR count). The molecule has 1 unspecified atom stereocenters. The van der Waals surface area contributed by atoms with E-state index in [9.17, 15) is 4.79 Å². The number of imidazole rings is 1. The second-order valence-electron chi connectivity index (χ2n) is 7.42. The van der Waals surface area contributed by atoms with Crippen LogP contribution in [-0.2, 0) is 0 Å². The number of carbonyl (C=O) groups excluding carboxylic acids is 1. The van der Waals surface area contributed by atoms with E-state index in [1.165, 1.54) is 0 Å². The van der Waals surface area contributed by atoms with E-state index in [1.54, 1.807) is 12.5 Å². The first-order valence-electron chi connectivity index (χ1n) is 10.4. The molecule has 1 aromatic heterocycles. The lowest BCUT2D eigenvalue weighted by molar-refractivity contribution is 0.0932. The molecular weight excluding hydrogens is 386 g/mol. The van der Waals surface area contributed by atoms with Crippen molar-refractivity contribution in [3.63, 3.8) is 0 Å². The monoisotopic (exact) mass is 411 g/mol. The molecule has 156 valence electrons. The molecule has 1 atom stereocenters. The molecule has 31 heavy (non-hydrogen) atoms. The van der Waals surface area contributed by atoms with Gasteiger partial charge in [-0.3, -0.25) is 9.36 Å². The number of nitrogens with one attached hydrogen (secondary N) is 1. The second kappa shape index (κ2) is 9.30. The first-order valence-corrected chi connectivity index (χ1v) is 10.4. The summed E-state index contributed by atoms with van der Waals surface area (Å²) < 4.78 is 7.69. The van der Waals surface area contributed by atoms with Crippen LogP contribution in [0, 0.1) is 0 Å². The first kappa shape index (κ1) is 20.4. The van der Waals surface area contributed by atoms with E-state index in [0.29, 0.717) is 5.69 Å². The minimum Gasteiger partial charge on any atom is -0.457 e. The molecule has 0 aliphatic heterocycles. The highest BCUT2D eigenvalue weighted by atomic mass is 16.5. The normalized spacial score (nSPS) is 11.7. The third-order valence-electron chi connectivity index (χ3n) is 5.15. The summed E-state index contributed by atoms with van der Waals surface area (Å²) in [5.74, 6) is 1.46. The van der Waals surface area contributed by atoms with Crippen LogP contribution in [0.1, 0.15) is 30.8 Å². The van der Waals surface area contributed by atoms with Crippen LogP contribution in [0.15, 0.2) is 91.4 Å². The molecule has 0 saturated heterocycles. The highest BCUT2D eigenvalue weighted by Crippen LogP contribution is 2.27. The predicted octanol–water partition coefficient (Wildman–Crippen LogP) is 5.86. The number of benzene rings is 3. The summed E-state index contributed by atoms with van der Waals surface area (Å²) in [5.41, 5.74) is 3.51. The fraction of sp³-hybridized carbons (Fsp3) is 0.154. The van der Waals surface area contributed by atoms with Crippen LogP contribution in [0.5, 0.6) is 11.5 Å². The van der Waals surface area contributed by atoms with Gasteiger partial charge >= 0.3 is 0 Å². The van der Waals surface area contributed by atoms with Gasteiger partial charge in [-0.1, -0.05) is 49.4 Å². The lowest BCUT2D eigenvalue weighted by Gasteiger charge is -2.13. The van der Waals surface area contributed by atoms with E-state index in [2.05, 4.69) is 16.4 Å². The van der Waals surface area contributed by atoms with E-state index in [-0.39, 0.29) is 11.9 Å². The Bertz CT molecular complexity index is 1150. The molecule has 5 nitrogen and oxygen atoms in total. The summed E-state index contributed by atoms with van der Waals surface area (Å²) in [6.07, 6.45) is 4.14. The molecule has 1 N–H and O–H groups in total. The zero-order valence-electron chi connectivity index (χ0n) is 17.7. The van der Waals surface area contributed by atoms with Gasteiger partial charge in [0.1, 0.15) is 17.2 Å². The maximum atomic E-state index is 12.6. The Morgan fingerprint density at radius 1 is 0.968 bits per heavy atom. The number of ether oxygens (including phenoxy) is 1. The van der Waals surface area contributed by atoms with Crippen LogP contribution in [0.25, 0.3) is 16.8 Å². The van der Waals surface area contributed by atoms with Crippen LogP contribution in [0.3, 0.4) is 0 Å². The maximum absolute atomic E-state index is 12.6. The molecule has 0 aliphatic carbocycles. The number of para-hydroxylation sites is 1. The number of aromatic nitrogens is 2. The van der Waals surface area contributed by atoms with Crippen LogP contribution >= 0.6 is 0 Å². The highest BCUT2D eigenvalue weighted by molar-refractivity contribution is 5.93. The van der Waals surface area contributed by atoms with Gasteiger partial charge in [-0.05, 0) is 60.9 Å².